The molecule has 94 heavy (non-hydrogen) atoms. The third kappa shape index (κ3) is 21.8. The van der Waals surface area contributed by atoms with Crippen LogP contribution in [0.3, 0.4) is 0 Å². The number of anilines is 2. The van der Waals surface area contributed by atoms with Crippen molar-refractivity contribution in [2.75, 3.05) is 69.8 Å². The molecule has 2 atom stereocenters. The molecule has 0 spiro atoms. The molecule has 1 aromatic heterocycles. The van der Waals surface area contributed by atoms with Crippen LogP contribution in [0.25, 0.3) is 22.4 Å². The molecule has 0 radical (unpaired) electrons. The zero-order valence-corrected chi connectivity index (χ0v) is 53.6. The van der Waals surface area contributed by atoms with Crippen LogP contribution in [0.5, 0.6) is 0 Å². The van der Waals surface area contributed by atoms with Gasteiger partial charge in [-0.15, -0.1) is 0 Å². The Morgan fingerprint density at radius 3 is 1.49 bits per heavy atom. The van der Waals surface area contributed by atoms with E-state index < -0.39 is 41.2 Å². The molecule has 2 aliphatic heterocycles. The van der Waals surface area contributed by atoms with Crippen molar-refractivity contribution in [1.29, 1.82) is 0 Å². The Morgan fingerprint density at radius 2 is 1.02 bits per heavy atom. The minimum atomic E-state index is -1.24. The van der Waals surface area contributed by atoms with Gasteiger partial charge >= 0.3 is 0 Å². The molecule has 2 fully saturated rings. The predicted molar refractivity (Wildman–Crippen MR) is 358 cm³/mol. The smallest absolute Gasteiger partial charge is 0.258 e. The van der Waals surface area contributed by atoms with Crippen LogP contribution in [0.4, 0.5) is 20.2 Å². The Balaban J connectivity index is 0.000000307. The largest absolute Gasteiger partial charge is 1.00 e. The maximum atomic E-state index is 14.1. The van der Waals surface area contributed by atoms with Crippen LogP contribution < -0.4 is 33.9 Å². The number of rotatable bonds is 20. The number of carbonyl (C=O) groups excluding carboxylic acids is 7. The molecule has 3 heterocycles. The number of aromatic nitrogens is 1. The lowest BCUT2D eigenvalue weighted by Crippen LogP contribution is -3.00. The Bertz CT molecular complexity index is 3670. The number of carboxylic acids is 1. The monoisotopic (exact) mass is 1300 g/mol. The van der Waals surface area contributed by atoms with E-state index in [0.29, 0.717) is 81.5 Å². The standard InChI is InChI=1S/C33H34FN3O3.C26H24FNO3.C8H8O2.C7H14N2O2.CH4.ClH.H2/c1-23(2)31-30(33(39)35-27-11-7-4-8-12-27)29(24-9-5-3-6-10-24)32(25-13-15-26(34)16-14-25)37(31)18-17-28(38)36-19-21-40-22-20-36;1-17(2)24(29)23(26(31)28-21-11-7-4-8-12-21)22(18-9-5-3-6-10-18)25(30)19-13-15-20(27)16-14-19;9-8(10)6-7-4-2-1-3-5-7;8-2-1-7(10)9-3-5-11-6-4-9;;;/h3-16,23H,17-22H2,1-2H3,(H,35,39);3-17,22-23H,1-2H3,(H,28,31);1-5H,6H2,(H,9,10);1-6,8H2;1H4;2*1H/p-1. The number of amides is 4. The number of quaternary nitrogens is 1. The molecule has 498 valence electrons. The lowest BCUT2D eigenvalue weighted by atomic mass is 9.75. The normalized spacial score (nSPS) is 13.1. The summed E-state index contributed by atoms with van der Waals surface area (Å²) in [5, 5.41) is 15.9. The number of hydrogen-bond acceptors (Lipinski definition) is 10. The van der Waals surface area contributed by atoms with Crippen molar-refractivity contribution >= 4 is 52.5 Å². The van der Waals surface area contributed by atoms with Gasteiger partial charge < -0.3 is 62.5 Å². The SMILES string of the molecule is C.CC(C)C(=O)C(C(=O)Nc1ccccc1)C(C(=O)c1ccc(F)cc1)c1ccccc1.CC(C)c1c(C(=O)Nc2ccccc2)c(-c2ccccc2)c(-c2ccc(F)cc2)n1CCC(=O)N1CCOCC1.O=C([O-])Cc1ccccc1.[Cl-].[HH].[NH3+]CCC(=O)N1CCOCC1. The summed E-state index contributed by atoms with van der Waals surface area (Å²) in [6.07, 6.45) is 0.845. The predicted octanol–water partition coefficient (Wildman–Crippen LogP) is 8.20. The van der Waals surface area contributed by atoms with Crippen molar-refractivity contribution in [2.24, 2.45) is 11.8 Å². The van der Waals surface area contributed by atoms with Gasteiger partial charge in [-0.3, -0.25) is 28.8 Å². The number of ether oxygens (including phenoxy) is 2. The zero-order chi connectivity index (χ0) is 65.9. The topological polar surface area (TPSA) is 224 Å². The average molecular weight is 1300 g/mol. The summed E-state index contributed by atoms with van der Waals surface area (Å²) in [6.45, 7) is 13.7. The van der Waals surface area contributed by atoms with Crippen LogP contribution in [-0.2, 0) is 46.4 Å². The second-order valence-electron chi connectivity index (χ2n) is 22.5. The molecule has 0 aliphatic carbocycles. The van der Waals surface area contributed by atoms with Crippen LogP contribution in [0.1, 0.15) is 98.8 Å². The van der Waals surface area contributed by atoms with Gasteiger partial charge in [0.15, 0.2) is 5.78 Å². The van der Waals surface area contributed by atoms with E-state index in [1.165, 1.54) is 36.4 Å². The molecule has 2 unspecified atom stereocenters. The second-order valence-corrected chi connectivity index (χ2v) is 22.5. The molecule has 2 saturated heterocycles. The number of benzene rings is 7. The average Bonchev–Trinajstić information content (AvgIpc) is 1.60. The molecule has 0 bridgehead atoms. The molecule has 4 amide bonds. The number of carbonyl (C=O) groups is 7. The van der Waals surface area contributed by atoms with Gasteiger partial charge in [-0.05, 0) is 101 Å². The maximum absolute atomic E-state index is 14.1. The first-order valence-corrected chi connectivity index (χ1v) is 30.9. The fourth-order valence-electron chi connectivity index (χ4n) is 10.8. The van der Waals surface area contributed by atoms with E-state index in [1.54, 1.807) is 105 Å². The van der Waals surface area contributed by atoms with E-state index in [0.717, 1.165) is 46.7 Å². The van der Waals surface area contributed by atoms with Gasteiger partial charge in [0.25, 0.3) is 5.91 Å². The Labute approximate surface area is 557 Å². The lowest BCUT2D eigenvalue weighted by molar-refractivity contribution is -0.366. The summed E-state index contributed by atoms with van der Waals surface area (Å²) in [4.78, 5) is 92.3. The summed E-state index contributed by atoms with van der Waals surface area (Å²) >= 11 is 0. The number of carboxylic acid groups (broad SMARTS) is 1. The van der Waals surface area contributed by atoms with E-state index in [9.17, 15) is 47.4 Å². The van der Waals surface area contributed by atoms with Gasteiger partial charge in [-0.1, -0.05) is 163 Å². The number of ketones is 2. The number of hydrogen-bond donors (Lipinski definition) is 3. The first kappa shape index (κ1) is 75.3. The highest BCUT2D eigenvalue weighted by atomic mass is 35.5. The minimum Gasteiger partial charge on any atom is -1.00 e. The minimum absolute atomic E-state index is 0. The summed E-state index contributed by atoms with van der Waals surface area (Å²) in [5.74, 6) is -5.87. The lowest BCUT2D eigenvalue weighted by Gasteiger charge is -2.27. The molecular formula is C75H86ClF2N6O10-. The number of aliphatic carboxylic acids is 1. The first-order valence-electron chi connectivity index (χ1n) is 30.9. The number of nitrogens with zero attached hydrogens (tertiary/aromatic N) is 3. The molecule has 2 aliphatic rings. The molecule has 10 rings (SSSR count). The maximum Gasteiger partial charge on any atom is 0.258 e. The fraction of sp³-hybridized carbons (Fsp3) is 0.293. The number of morpholine rings is 2. The van der Waals surface area contributed by atoms with Gasteiger partial charge in [0.2, 0.25) is 17.7 Å². The highest BCUT2D eigenvalue weighted by Crippen LogP contribution is 2.43. The van der Waals surface area contributed by atoms with Crippen molar-refractivity contribution in [2.45, 2.75) is 72.8 Å². The number of halogens is 3. The van der Waals surface area contributed by atoms with Crippen LogP contribution in [-0.4, -0.2) is 115 Å². The molecule has 0 saturated carbocycles. The van der Waals surface area contributed by atoms with Crippen molar-refractivity contribution < 1.29 is 76.5 Å². The Kier molecular flexibility index (Phi) is 30.8. The molecule has 16 nitrogen and oxygen atoms in total. The number of para-hydroxylation sites is 2. The summed E-state index contributed by atoms with van der Waals surface area (Å²) in [5.41, 5.74) is 11.1. The summed E-state index contributed by atoms with van der Waals surface area (Å²) in [6, 6.07) is 57.1. The highest BCUT2D eigenvalue weighted by molar-refractivity contribution is 6.15. The molecule has 7 aromatic carbocycles. The molecule has 19 heteroatoms. The van der Waals surface area contributed by atoms with E-state index >= 15 is 0 Å². The van der Waals surface area contributed by atoms with Crippen LogP contribution in [0, 0.1) is 23.5 Å². The van der Waals surface area contributed by atoms with Gasteiger partial charge in [-0.25, -0.2) is 8.78 Å². The molecule has 5 N–H and O–H groups in total. The van der Waals surface area contributed by atoms with Crippen molar-refractivity contribution in [3.8, 4) is 22.4 Å². The van der Waals surface area contributed by atoms with Crippen molar-refractivity contribution in [1.82, 2.24) is 14.4 Å². The second kappa shape index (κ2) is 38.5. The number of nitrogens with one attached hydrogen (secondary N) is 2. The third-order valence-electron chi connectivity index (χ3n) is 15.3. The first-order chi connectivity index (χ1) is 44.4. The van der Waals surface area contributed by atoms with E-state index in [-0.39, 0.29) is 74.9 Å². The van der Waals surface area contributed by atoms with E-state index in [1.807, 2.05) is 82.6 Å². The number of Topliss-reactive ketones (excluding diaryl/α,β-unsaturated/α-hetero) is 2. The van der Waals surface area contributed by atoms with Gasteiger partial charge in [0.1, 0.15) is 23.3 Å². The van der Waals surface area contributed by atoms with Crippen LogP contribution in [0.15, 0.2) is 200 Å². The van der Waals surface area contributed by atoms with Crippen LogP contribution >= 0.6 is 0 Å². The fourth-order valence-corrected chi connectivity index (χ4v) is 10.8. The van der Waals surface area contributed by atoms with Gasteiger partial charge in [0.05, 0.1) is 56.6 Å². The zero-order valence-electron chi connectivity index (χ0n) is 52.8. The van der Waals surface area contributed by atoms with E-state index in [4.69, 9.17) is 9.47 Å². The van der Waals surface area contributed by atoms with Gasteiger partial charge in [-0.2, -0.15) is 0 Å². The van der Waals surface area contributed by atoms with Gasteiger partial charge in [0, 0.05) is 87.1 Å². The van der Waals surface area contributed by atoms with Crippen molar-refractivity contribution in [3.05, 3.63) is 240 Å². The van der Waals surface area contributed by atoms with E-state index in [2.05, 4.69) is 34.8 Å². The van der Waals surface area contributed by atoms with Crippen molar-refractivity contribution in [3.63, 3.8) is 0 Å². The molecule has 8 aromatic rings. The Hall–Kier alpha value is -9.46. The summed E-state index contributed by atoms with van der Waals surface area (Å²) in [7, 11) is 0. The third-order valence-corrected chi connectivity index (χ3v) is 15.3. The van der Waals surface area contributed by atoms with Crippen LogP contribution in [0.2, 0.25) is 0 Å². The quantitative estimate of drug-likeness (QED) is 0.0490. The molecular weight excluding hydrogens is 1220 g/mol. The Morgan fingerprint density at radius 1 is 0.574 bits per heavy atom. The highest BCUT2D eigenvalue weighted by Gasteiger charge is 2.41. The summed E-state index contributed by atoms with van der Waals surface area (Å²) < 4.78 is 40.1.